The molecule has 1 heterocycles. The third-order valence-electron chi connectivity index (χ3n) is 2.68. The first-order valence-corrected chi connectivity index (χ1v) is 6.26. The number of anilines is 1. The maximum Gasteiger partial charge on any atom is 0.228 e. The Morgan fingerprint density at radius 3 is 2.94 bits per heavy atom. The van der Waals surface area contributed by atoms with E-state index in [1.165, 1.54) is 0 Å². The molecule has 0 saturated carbocycles. The van der Waals surface area contributed by atoms with Gasteiger partial charge in [-0.15, -0.1) is 0 Å². The summed E-state index contributed by atoms with van der Waals surface area (Å²) >= 11 is 0. The number of fused-ring (bicyclic) bond motifs is 1. The van der Waals surface area contributed by atoms with E-state index in [4.69, 9.17) is 9.47 Å². The zero-order chi connectivity index (χ0) is 13.2. The number of carbonyl (C=O) groups is 1. The first-order chi connectivity index (χ1) is 8.52. The Morgan fingerprint density at radius 1 is 1.44 bits per heavy atom. The van der Waals surface area contributed by atoms with Crippen LogP contribution < -0.4 is 14.8 Å². The highest BCUT2D eigenvalue weighted by Gasteiger charge is 2.30. The molecule has 0 aromatic heterocycles. The van der Waals surface area contributed by atoms with Crippen LogP contribution in [0.15, 0.2) is 18.2 Å². The molecule has 0 bridgehead atoms. The van der Waals surface area contributed by atoms with Crippen molar-refractivity contribution >= 4 is 11.6 Å². The summed E-state index contributed by atoms with van der Waals surface area (Å²) in [6, 6.07) is 5.54. The van der Waals surface area contributed by atoms with E-state index in [1.807, 2.05) is 39.0 Å². The molecule has 0 aliphatic carbocycles. The lowest BCUT2D eigenvalue weighted by molar-refractivity contribution is -0.118. The first-order valence-electron chi connectivity index (χ1n) is 6.26. The average Bonchev–Trinajstić information content (AvgIpc) is 2.39. The second-order valence-electron chi connectivity index (χ2n) is 5.07. The fourth-order valence-corrected chi connectivity index (χ4v) is 1.94. The number of benzene rings is 1. The summed E-state index contributed by atoms with van der Waals surface area (Å²) in [5.74, 6) is 1.28. The van der Waals surface area contributed by atoms with Gasteiger partial charge in [0.25, 0.3) is 0 Å². The van der Waals surface area contributed by atoms with Gasteiger partial charge in [-0.1, -0.05) is 13.0 Å². The van der Waals surface area contributed by atoms with Crippen molar-refractivity contribution in [1.82, 2.24) is 0 Å². The predicted molar refractivity (Wildman–Crippen MR) is 70.2 cm³/mol. The van der Waals surface area contributed by atoms with Crippen molar-refractivity contribution in [3.63, 3.8) is 0 Å². The van der Waals surface area contributed by atoms with Crippen LogP contribution in [0.5, 0.6) is 11.5 Å². The van der Waals surface area contributed by atoms with Gasteiger partial charge in [0.15, 0.2) is 11.5 Å². The smallest absolute Gasteiger partial charge is 0.228 e. The maximum absolute atomic E-state index is 11.8. The van der Waals surface area contributed by atoms with Gasteiger partial charge in [0.2, 0.25) is 5.91 Å². The normalized spacial score (nSPS) is 17.2. The monoisotopic (exact) mass is 249 g/mol. The number of nitrogens with one attached hydrogen (secondary N) is 1. The molecule has 0 saturated heterocycles. The topological polar surface area (TPSA) is 47.6 Å². The minimum Gasteiger partial charge on any atom is -0.490 e. The molecule has 0 unspecified atom stereocenters. The van der Waals surface area contributed by atoms with Crippen LogP contribution >= 0.6 is 0 Å². The molecule has 1 aliphatic rings. The SMILES string of the molecule is CCCOc1cccc2c1OC(C)(C)CC(=O)N2. The molecule has 0 radical (unpaired) electrons. The Labute approximate surface area is 107 Å². The van der Waals surface area contributed by atoms with E-state index in [0.29, 0.717) is 30.2 Å². The predicted octanol–water partition coefficient (Wildman–Crippen LogP) is 2.98. The molecule has 0 atom stereocenters. The van der Waals surface area contributed by atoms with Gasteiger partial charge in [-0.2, -0.15) is 0 Å². The molecule has 2 rings (SSSR count). The summed E-state index contributed by atoms with van der Waals surface area (Å²) in [5, 5.41) is 2.85. The number of hydrogen-bond acceptors (Lipinski definition) is 3. The lowest BCUT2D eigenvalue weighted by atomic mass is 10.1. The third-order valence-corrected chi connectivity index (χ3v) is 2.68. The van der Waals surface area contributed by atoms with Crippen molar-refractivity contribution in [2.75, 3.05) is 11.9 Å². The summed E-state index contributed by atoms with van der Waals surface area (Å²) in [5.41, 5.74) is 0.153. The quantitative estimate of drug-likeness (QED) is 0.895. The van der Waals surface area contributed by atoms with Crippen molar-refractivity contribution in [2.45, 2.75) is 39.2 Å². The number of carbonyl (C=O) groups excluding carboxylic acids is 1. The van der Waals surface area contributed by atoms with Crippen LogP contribution in [-0.4, -0.2) is 18.1 Å². The van der Waals surface area contributed by atoms with Crippen LogP contribution in [0, 0.1) is 0 Å². The summed E-state index contributed by atoms with van der Waals surface area (Å²) in [4.78, 5) is 11.8. The number of hydrogen-bond donors (Lipinski definition) is 1. The highest BCUT2D eigenvalue weighted by molar-refractivity contribution is 5.94. The molecule has 1 aliphatic heterocycles. The third kappa shape index (κ3) is 2.75. The second kappa shape index (κ2) is 4.88. The molecule has 0 fully saturated rings. The number of rotatable bonds is 3. The van der Waals surface area contributed by atoms with Crippen LogP contribution in [0.1, 0.15) is 33.6 Å². The van der Waals surface area contributed by atoms with Gasteiger partial charge in [0.1, 0.15) is 5.60 Å². The number of amides is 1. The van der Waals surface area contributed by atoms with E-state index in [0.717, 1.165) is 6.42 Å². The molecule has 0 spiro atoms. The summed E-state index contributed by atoms with van der Waals surface area (Å²) < 4.78 is 11.6. The zero-order valence-electron chi connectivity index (χ0n) is 11.1. The Hall–Kier alpha value is -1.71. The summed E-state index contributed by atoms with van der Waals surface area (Å²) in [6.45, 7) is 6.49. The fraction of sp³-hybridized carbons (Fsp3) is 0.500. The highest BCUT2D eigenvalue weighted by atomic mass is 16.5. The largest absolute Gasteiger partial charge is 0.490 e. The van der Waals surface area contributed by atoms with Crippen molar-refractivity contribution in [1.29, 1.82) is 0 Å². The Kier molecular flexibility index (Phi) is 3.45. The van der Waals surface area contributed by atoms with Gasteiger partial charge in [-0.3, -0.25) is 4.79 Å². The van der Waals surface area contributed by atoms with Crippen molar-refractivity contribution in [3.8, 4) is 11.5 Å². The van der Waals surface area contributed by atoms with Crippen LogP contribution in [0.4, 0.5) is 5.69 Å². The molecule has 1 amide bonds. The highest BCUT2D eigenvalue weighted by Crippen LogP contribution is 2.40. The maximum atomic E-state index is 11.8. The Balaban J connectivity index is 2.37. The first kappa shape index (κ1) is 12.7. The average molecular weight is 249 g/mol. The lowest BCUT2D eigenvalue weighted by Gasteiger charge is -2.24. The molecular formula is C14H19NO3. The Bertz CT molecular complexity index is 454. The van der Waals surface area contributed by atoms with Crippen LogP contribution in [0.2, 0.25) is 0 Å². The minimum atomic E-state index is -0.527. The minimum absolute atomic E-state index is 0.0357. The van der Waals surface area contributed by atoms with Crippen molar-refractivity contribution < 1.29 is 14.3 Å². The lowest BCUT2D eigenvalue weighted by Crippen LogP contribution is -2.31. The molecule has 4 heteroatoms. The molecule has 1 aromatic carbocycles. The van der Waals surface area contributed by atoms with E-state index in [9.17, 15) is 4.79 Å². The fourth-order valence-electron chi connectivity index (χ4n) is 1.94. The second-order valence-corrected chi connectivity index (χ2v) is 5.07. The van der Waals surface area contributed by atoms with Gasteiger partial charge < -0.3 is 14.8 Å². The van der Waals surface area contributed by atoms with E-state index >= 15 is 0 Å². The van der Waals surface area contributed by atoms with Crippen LogP contribution in [0.3, 0.4) is 0 Å². The molecular weight excluding hydrogens is 230 g/mol. The van der Waals surface area contributed by atoms with Crippen LogP contribution in [0.25, 0.3) is 0 Å². The van der Waals surface area contributed by atoms with E-state index < -0.39 is 5.60 Å². The van der Waals surface area contributed by atoms with Crippen molar-refractivity contribution in [2.24, 2.45) is 0 Å². The summed E-state index contributed by atoms with van der Waals surface area (Å²) in [7, 11) is 0. The molecule has 4 nitrogen and oxygen atoms in total. The molecule has 1 aromatic rings. The number of para-hydroxylation sites is 1. The van der Waals surface area contributed by atoms with Gasteiger partial charge in [0.05, 0.1) is 18.7 Å². The standard InChI is InChI=1S/C14H19NO3/c1-4-8-17-11-7-5-6-10-13(11)18-14(2,3)9-12(16)15-10/h5-7H,4,8-9H2,1-3H3,(H,15,16). The molecule has 98 valence electrons. The zero-order valence-corrected chi connectivity index (χ0v) is 11.1. The van der Waals surface area contributed by atoms with Gasteiger partial charge >= 0.3 is 0 Å². The van der Waals surface area contributed by atoms with E-state index in [2.05, 4.69) is 5.32 Å². The Morgan fingerprint density at radius 2 is 2.22 bits per heavy atom. The van der Waals surface area contributed by atoms with Gasteiger partial charge in [0, 0.05) is 0 Å². The van der Waals surface area contributed by atoms with Crippen LogP contribution in [-0.2, 0) is 4.79 Å². The molecule has 1 N–H and O–H groups in total. The van der Waals surface area contributed by atoms with Gasteiger partial charge in [-0.05, 0) is 32.4 Å². The van der Waals surface area contributed by atoms with Gasteiger partial charge in [-0.25, -0.2) is 0 Å². The van der Waals surface area contributed by atoms with Crippen molar-refractivity contribution in [3.05, 3.63) is 18.2 Å². The van der Waals surface area contributed by atoms with E-state index in [-0.39, 0.29) is 5.91 Å². The van der Waals surface area contributed by atoms with E-state index in [1.54, 1.807) is 0 Å². The number of ether oxygens (including phenoxy) is 2. The molecule has 18 heavy (non-hydrogen) atoms. The summed E-state index contributed by atoms with van der Waals surface area (Å²) in [6.07, 6.45) is 1.26.